The maximum absolute atomic E-state index is 7.50. The summed E-state index contributed by atoms with van der Waals surface area (Å²) >= 11 is 0. The van der Waals surface area contributed by atoms with E-state index in [4.69, 9.17) is 13.3 Å². The van der Waals surface area contributed by atoms with E-state index in [-0.39, 0.29) is 16.2 Å². The zero-order chi connectivity index (χ0) is 46.6. The Morgan fingerprint density at radius 1 is 0.397 bits per heavy atom. The van der Waals surface area contributed by atoms with Crippen molar-refractivity contribution in [3.05, 3.63) is 174 Å². The molecule has 3 aromatic heterocycles. The molecule has 332 valence electrons. The predicted octanol–water partition coefficient (Wildman–Crippen LogP) is 16.5. The van der Waals surface area contributed by atoms with Crippen LogP contribution in [0.25, 0.3) is 77.1 Å². The molecule has 8 aromatic carbocycles. The van der Waals surface area contributed by atoms with Crippen LogP contribution in [0, 0.1) is 0 Å². The van der Waals surface area contributed by atoms with Gasteiger partial charge in [0.2, 0.25) is 0 Å². The summed E-state index contributed by atoms with van der Waals surface area (Å²) in [6, 6.07) is 57.8. The number of fused-ring (bicyclic) bond motifs is 13. The molecular formula is C62H53BN2O3. The van der Waals surface area contributed by atoms with Crippen LogP contribution in [0.1, 0.15) is 79.0 Å². The third-order valence-electron chi connectivity index (χ3n) is 14.7. The molecule has 2 aliphatic heterocycles. The zero-order valence-electron chi connectivity index (χ0n) is 40.2. The van der Waals surface area contributed by atoms with Crippen molar-refractivity contribution in [1.82, 2.24) is 0 Å². The summed E-state index contributed by atoms with van der Waals surface area (Å²) in [6.07, 6.45) is 0. The minimum absolute atomic E-state index is 0.0214. The molecular weight excluding hydrogens is 832 g/mol. The molecule has 0 amide bonds. The van der Waals surface area contributed by atoms with E-state index in [1.54, 1.807) is 0 Å². The summed E-state index contributed by atoms with van der Waals surface area (Å²) < 4.78 is 21.5. The first kappa shape index (κ1) is 40.8. The Hall–Kier alpha value is -7.44. The normalized spacial score (nSPS) is 13.9. The van der Waals surface area contributed by atoms with Gasteiger partial charge in [0.05, 0.1) is 17.1 Å². The minimum atomic E-state index is -0.391. The van der Waals surface area contributed by atoms with Crippen LogP contribution in [-0.4, -0.2) is 6.85 Å². The molecule has 68 heavy (non-hydrogen) atoms. The van der Waals surface area contributed by atoms with Crippen LogP contribution in [0.4, 0.5) is 28.4 Å². The molecule has 0 aliphatic carbocycles. The van der Waals surface area contributed by atoms with E-state index < -0.39 is 6.85 Å². The van der Waals surface area contributed by atoms with Crippen LogP contribution in [0.5, 0.6) is 0 Å². The Labute approximate surface area is 397 Å². The van der Waals surface area contributed by atoms with Gasteiger partial charge in [-0.1, -0.05) is 153 Å². The Bertz CT molecular complexity index is 3870. The largest absolute Gasteiger partial charge is 0.466 e. The molecule has 0 radical (unpaired) electrons. The maximum atomic E-state index is 7.50. The number of furan rings is 3. The molecule has 13 rings (SSSR count). The smallest absolute Gasteiger partial charge is 0.376 e. The van der Waals surface area contributed by atoms with Gasteiger partial charge in [-0.25, -0.2) is 0 Å². The Balaban J connectivity index is 1.24. The van der Waals surface area contributed by atoms with Gasteiger partial charge in [0.25, 0.3) is 0 Å². The molecule has 0 unspecified atom stereocenters. The fourth-order valence-corrected chi connectivity index (χ4v) is 11.1. The van der Waals surface area contributed by atoms with Crippen molar-refractivity contribution in [2.45, 2.75) is 78.6 Å². The van der Waals surface area contributed by atoms with E-state index in [2.05, 4.69) is 230 Å². The van der Waals surface area contributed by atoms with Gasteiger partial charge in [-0.2, -0.15) is 0 Å². The lowest BCUT2D eigenvalue weighted by atomic mass is 9.45. The number of anilines is 5. The lowest BCUT2D eigenvalue weighted by molar-refractivity contribution is 0.590. The Kier molecular flexibility index (Phi) is 8.43. The highest BCUT2D eigenvalue weighted by atomic mass is 16.3. The fourth-order valence-electron chi connectivity index (χ4n) is 11.1. The van der Waals surface area contributed by atoms with Crippen molar-refractivity contribution < 1.29 is 13.3 Å². The van der Waals surface area contributed by atoms with Crippen molar-refractivity contribution in [3.8, 4) is 22.3 Å². The van der Waals surface area contributed by atoms with Crippen LogP contribution in [0.15, 0.2) is 171 Å². The van der Waals surface area contributed by atoms with E-state index >= 15 is 0 Å². The molecule has 0 bridgehead atoms. The van der Waals surface area contributed by atoms with Gasteiger partial charge >= 0.3 is 6.85 Å². The van der Waals surface area contributed by atoms with Crippen molar-refractivity contribution in [2.75, 3.05) is 9.71 Å². The van der Waals surface area contributed by atoms with Crippen molar-refractivity contribution in [2.24, 2.45) is 0 Å². The number of benzene rings is 8. The fraction of sp³-hybridized carbons (Fsp3) is 0.194. The zero-order valence-corrected chi connectivity index (χ0v) is 40.2. The number of para-hydroxylation sites is 2. The number of nitrogens with zero attached hydrogens (tertiary/aromatic N) is 2. The molecule has 0 N–H and O–H groups in total. The van der Waals surface area contributed by atoms with Crippen LogP contribution in [-0.2, 0) is 16.2 Å². The maximum Gasteiger partial charge on any atom is 0.376 e. The molecule has 0 saturated carbocycles. The lowest BCUT2D eigenvalue weighted by Crippen LogP contribution is -2.61. The molecule has 0 fully saturated rings. The van der Waals surface area contributed by atoms with Gasteiger partial charge in [-0.3, -0.25) is 0 Å². The second-order valence-electron chi connectivity index (χ2n) is 22.2. The highest BCUT2D eigenvalue weighted by Gasteiger charge is 2.50. The SMILES string of the molecule is CC(C)(C)c1ccc(N2B3c4oc5ccc(C(C)(C)C)cc5c4N(c4ccc(C(C)(C)C)cc4-c4ccccc4)c4c3c(cc3c4oc4ccccc43)-c3cc4c(cc32)oc2ccccc24)cc1. The molecule has 0 spiro atoms. The number of rotatable bonds is 3. The summed E-state index contributed by atoms with van der Waals surface area (Å²) in [5.74, 6) is 0. The number of hydrogen-bond donors (Lipinski definition) is 0. The quantitative estimate of drug-likeness (QED) is 0.165. The molecule has 0 saturated heterocycles. The van der Waals surface area contributed by atoms with E-state index in [1.165, 1.54) is 16.7 Å². The Morgan fingerprint density at radius 2 is 0.985 bits per heavy atom. The van der Waals surface area contributed by atoms with Crippen LogP contribution < -0.4 is 20.8 Å². The molecule has 5 heterocycles. The average Bonchev–Trinajstić information content (AvgIpc) is 4.01. The van der Waals surface area contributed by atoms with Crippen LogP contribution in [0.2, 0.25) is 0 Å². The Morgan fingerprint density at radius 3 is 1.69 bits per heavy atom. The summed E-state index contributed by atoms with van der Waals surface area (Å²) in [4.78, 5) is 5.03. The highest BCUT2D eigenvalue weighted by molar-refractivity contribution is 6.93. The van der Waals surface area contributed by atoms with Crippen LogP contribution >= 0.6 is 0 Å². The second kappa shape index (κ2) is 14.1. The van der Waals surface area contributed by atoms with E-state index in [9.17, 15) is 0 Å². The molecule has 6 heteroatoms. The monoisotopic (exact) mass is 884 g/mol. The van der Waals surface area contributed by atoms with E-state index in [0.29, 0.717) is 0 Å². The molecule has 5 nitrogen and oxygen atoms in total. The van der Waals surface area contributed by atoms with Gasteiger partial charge in [-0.15, -0.1) is 0 Å². The third-order valence-corrected chi connectivity index (χ3v) is 14.7. The van der Waals surface area contributed by atoms with Crippen molar-refractivity contribution in [1.29, 1.82) is 0 Å². The van der Waals surface area contributed by atoms with E-state index in [1.807, 2.05) is 0 Å². The summed E-state index contributed by atoms with van der Waals surface area (Å²) in [5, 5.41) is 5.40. The first-order valence-electron chi connectivity index (χ1n) is 24.0. The number of hydrogen-bond acceptors (Lipinski definition) is 5. The van der Waals surface area contributed by atoms with Gasteiger partial charge in [0.1, 0.15) is 28.0 Å². The summed E-state index contributed by atoms with van der Waals surface area (Å²) in [6.45, 7) is 20.2. The second-order valence-corrected chi connectivity index (χ2v) is 22.2. The van der Waals surface area contributed by atoms with Crippen molar-refractivity contribution in [3.63, 3.8) is 0 Å². The average molecular weight is 885 g/mol. The molecule has 2 aliphatic rings. The minimum Gasteiger partial charge on any atom is -0.466 e. The molecule has 11 aromatic rings. The molecule has 0 atom stereocenters. The topological polar surface area (TPSA) is 45.9 Å². The van der Waals surface area contributed by atoms with Gasteiger partial charge in [0.15, 0.2) is 5.58 Å². The van der Waals surface area contributed by atoms with Gasteiger partial charge in [0, 0.05) is 55.5 Å². The first-order chi connectivity index (χ1) is 32.6. The van der Waals surface area contributed by atoms with Gasteiger partial charge in [-0.05, 0) is 110 Å². The lowest BCUT2D eigenvalue weighted by Gasteiger charge is -2.44. The van der Waals surface area contributed by atoms with Crippen LogP contribution in [0.3, 0.4) is 0 Å². The summed E-state index contributed by atoms with van der Waals surface area (Å²) in [7, 11) is 0. The van der Waals surface area contributed by atoms with E-state index in [0.717, 1.165) is 117 Å². The summed E-state index contributed by atoms with van der Waals surface area (Å²) in [5.41, 5.74) is 19.6. The first-order valence-corrected chi connectivity index (χ1v) is 24.0. The third kappa shape index (κ3) is 5.95. The standard InChI is InChI=1S/C62H53BN2O3/c1-60(2,3)37-23-27-40(28-24-37)65-50-35-54-45(41-19-13-15-21-51(41)66-54)33-44(50)46-34-47-42-20-14-16-22-52(42)67-58(47)57-55(46)63(65)59-56(48-32-39(62(7,8)9)26-30-53(48)68-59)64(57)49-29-25-38(61(4,5)6)31-43(49)36-17-11-10-12-18-36/h10-35H,1-9H3. The predicted molar refractivity (Wildman–Crippen MR) is 286 cm³/mol. The van der Waals surface area contributed by atoms with Gasteiger partial charge < -0.3 is 23.0 Å². The van der Waals surface area contributed by atoms with Crippen molar-refractivity contribution >= 4 is 101 Å². The highest BCUT2D eigenvalue weighted by Crippen LogP contribution is 2.55.